The maximum absolute atomic E-state index is 12.3. The normalized spacial score (nSPS) is 11.2. The fraction of sp³-hybridized carbons (Fsp3) is 0.189. The van der Waals surface area contributed by atoms with Gasteiger partial charge in [0, 0.05) is 47.5 Å². The van der Waals surface area contributed by atoms with Gasteiger partial charge in [-0.1, -0.05) is 118 Å². The van der Waals surface area contributed by atoms with Crippen LogP contribution in [0.1, 0.15) is 85.4 Å². The van der Waals surface area contributed by atoms with Crippen molar-refractivity contribution in [3.63, 3.8) is 0 Å². The van der Waals surface area contributed by atoms with Gasteiger partial charge in [0.1, 0.15) is 23.0 Å². The smallest absolute Gasteiger partial charge is 0.753 e. The minimum Gasteiger partial charge on any atom is -0.753 e. The van der Waals surface area contributed by atoms with E-state index in [9.17, 15) is 27.6 Å². The van der Waals surface area contributed by atoms with Crippen LogP contribution in [0.15, 0.2) is 134 Å². The van der Waals surface area contributed by atoms with Crippen molar-refractivity contribution in [3.05, 3.63) is 179 Å². The number of nitrogens with zero attached hydrogens (tertiary/aromatic N) is 5. The number of hydrogen-bond donors (Lipinski definition) is 1. The molecule has 0 aliphatic heterocycles. The Kier molecular flexibility index (Phi) is 25.6. The van der Waals surface area contributed by atoms with Crippen molar-refractivity contribution >= 4 is 71.9 Å². The molecule has 0 amide bonds. The number of rotatable bonds is 22. The van der Waals surface area contributed by atoms with Crippen LogP contribution in [0.3, 0.4) is 0 Å². The summed E-state index contributed by atoms with van der Waals surface area (Å²) in [5.41, 5.74) is 11.5. The fourth-order valence-corrected chi connectivity index (χ4v) is 6.59. The molecule has 0 atom stereocenters. The second-order valence-corrected chi connectivity index (χ2v) is 15.1. The first-order valence-corrected chi connectivity index (χ1v) is 22.2. The summed E-state index contributed by atoms with van der Waals surface area (Å²) in [7, 11) is 0. The van der Waals surface area contributed by atoms with E-state index in [4.69, 9.17) is 35.7 Å². The zero-order valence-electron chi connectivity index (χ0n) is 38.3. The zero-order chi connectivity index (χ0) is 50.6. The molecule has 366 valence electrons. The Hall–Kier alpha value is -7.65. The molecule has 2 aromatic carbocycles. The Bertz CT molecular complexity index is 2660. The Balaban J connectivity index is 0.000000405. The molecule has 0 aliphatic carbocycles. The molecular formula is C53H48F3N7O6RuS. The minimum atomic E-state index is -4.73. The van der Waals surface area contributed by atoms with Gasteiger partial charge in [-0.3, -0.25) is 34.7 Å². The van der Waals surface area contributed by atoms with Gasteiger partial charge in [0.25, 0.3) is 19.4 Å². The van der Waals surface area contributed by atoms with E-state index >= 15 is 0 Å². The van der Waals surface area contributed by atoms with E-state index in [-0.39, 0.29) is 30.9 Å². The SMILES string of the molecule is CCCCCCCCCc1ccnc(/C([NH-])=C/C(=N)C(F)(F)F)c1.O=CO/C(=C/c1ccnc(-c2cc(OC=O)cc(-c3cc(/C=C(/OC=O)c4ccccc4)ccn3)n2)c1)c1ccccc1.[N-]=C=S.[Ru+2]. The predicted molar refractivity (Wildman–Crippen MR) is 268 cm³/mol. The third-order valence-electron chi connectivity index (χ3n) is 9.90. The maximum Gasteiger partial charge on any atom is 2.00 e. The Labute approximate surface area is 427 Å². The third-order valence-corrected chi connectivity index (χ3v) is 9.90. The number of unbranched alkanes of at least 4 members (excludes halogenated alkanes) is 6. The molecule has 2 N–H and O–H groups in total. The average molecular weight is 1070 g/mol. The monoisotopic (exact) mass is 1070 g/mol. The van der Waals surface area contributed by atoms with Gasteiger partial charge >= 0.3 is 25.7 Å². The van der Waals surface area contributed by atoms with Crippen molar-refractivity contribution in [2.45, 2.75) is 64.5 Å². The van der Waals surface area contributed by atoms with Gasteiger partial charge in [0.05, 0.1) is 22.8 Å². The van der Waals surface area contributed by atoms with Crippen LogP contribution in [0.2, 0.25) is 0 Å². The molecule has 0 radical (unpaired) electrons. The van der Waals surface area contributed by atoms with Gasteiger partial charge in [-0.2, -0.15) is 18.3 Å². The van der Waals surface area contributed by atoms with Crippen molar-refractivity contribution in [1.29, 1.82) is 5.41 Å². The quantitative estimate of drug-likeness (QED) is 0.0169. The summed E-state index contributed by atoms with van der Waals surface area (Å²) >= 11 is 3.70. The molecule has 0 unspecified atom stereocenters. The van der Waals surface area contributed by atoms with Crippen LogP contribution < -0.4 is 4.74 Å². The summed E-state index contributed by atoms with van der Waals surface area (Å²) in [6.45, 7) is 3.26. The average Bonchev–Trinajstić information content (AvgIpc) is 3.37. The van der Waals surface area contributed by atoms with Crippen LogP contribution in [0.4, 0.5) is 13.2 Å². The van der Waals surface area contributed by atoms with E-state index in [1.54, 1.807) is 67.0 Å². The predicted octanol–water partition coefficient (Wildman–Crippen LogP) is 13.1. The van der Waals surface area contributed by atoms with Crippen LogP contribution >= 0.6 is 12.2 Å². The number of alkyl halides is 3. The van der Waals surface area contributed by atoms with Crippen molar-refractivity contribution in [2.75, 3.05) is 0 Å². The molecule has 6 aromatic rings. The second kappa shape index (κ2) is 31.5. The summed E-state index contributed by atoms with van der Waals surface area (Å²) in [6, 6.07) is 32.1. The topological polar surface area (TPSA) is 200 Å². The van der Waals surface area contributed by atoms with E-state index in [2.05, 4.69) is 34.1 Å². The number of benzene rings is 2. The molecule has 6 rings (SSSR count). The van der Waals surface area contributed by atoms with E-state index in [0.29, 0.717) is 70.9 Å². The van der Waals surface area contributed by atoms with Crippen LogP contribution in [-0.2, 0) is 49.8 Å². The molecular weight excluding hydrogens is 1020 g/mol. The molecule has 18 heteroatoms. The van der Waals surface area contributed by atoms with Crippen molar-refractivity contribution in [3.8, 4) is 28.5 Å². The molecule has 0 saturated carbocycles. The summed E-state index contributed by atoms with van der Waals surface area (Å²) < 4.78 is 52.7. The summed E-state index contributed by atoms with van der Waals surface area (Å²) in [5, 5.41) is 15.4. The van der Waals surface area contributed by atoms with Crippen LogP contribution in [0.5, 0.6) is 5.75 Å². The number of nitrogens with one attached hydrogen (secondary N) is 2. The summed E-state index contributed by atoms with van der Waals surface area (Å²) in [6.07, 6.45) is 13.1. The largest absolute Gasteiger partial charge is 2.00 e. The van der Waals surface area contributed by atoms with Crippen LogP contribution in [-0.4, -0.2) is 56.4 Å². The third kappa shape index (κ3) is 20.1. The molecule has 0 saturated heterocycles. The molecule has 13 nitrogen and oxygen atoms in total. The Morgan fingerprint density at radius 2 is 1.17 bits per heavy atom. The molecule has 0 spiro atoms. The molecule has 4 heterocycles. The summed E-state index contributed by atoms with van der Waals surface area (Å²) in [4.78, 5) is 51.2. The van der Waals surface area contributed by atoms with Gasteiger partial charge in [0.15, 0.2) is 0 Å². The Morgan fingerprint density at radius 3 is 1.63 bits per heavy atom. The van der Waals surface area contributed by atoms with E-state index in [1.165, 1.54) is 43.5 Å². The first-order chi connectivity index (χ1) is 33.9. The van der Waals surface area contributed by atoms with Gasteiger partial charge in [0.2, 0.25) is 0 Å². The van der Waals surface area contributed by atoms with E-state index < -0.39 is 17.6 Å². The van der Waals surface area contributed by atoms with E-state index in [0.717, 1.165) is 36.0 Å². The number of aryl methyl sites for hydroxylation is 1. The standard InChI is InChI=1S/C34H23N3O6.C18H25F3N3.CNS.Ru/c38-21-41-28-19-31(29-15-24(11-13-35-29)17-33(42-22-39)26-7-3-1-4-8-26)37-32(20-28)30-16-25(12-14-36-30)18-34(43-23-40)27-9-5-2-6-10-27;1-2-3-4-5-6-7-8-9-14-10-11-24-16(12-14)15(22)13-17(23)18(19,20)21;2-1-3;/h1-23H;10-13,22-23H,2-9H2,1H3;;/q;2*-1;+2/b33-17+,34-18+;15-13-,23-17?;;. The number of carbonyl (C=O) groups is 3. The van der Waals surface area contributed by atoms with Crippen LogP contribution in [0.25, 0.3) is 63.3 Å². The van der Waals surface area contributed by atoms with Gasteiger partial charge in [-0.15, -0.1) is 5.70 Å². The number of pyridine rings is 4. The fourth-order valence-electron chi connectivity index (χ4n) is 6.59. The first-order valence-electron chi connectivity index (χ1n) is 21.8. The molecule has 0 aliphatic rings. The van der Waals surface area contributed by atoms with Gasteiger partial charge in [-0.05, 0) is 84.2 Å². The summed E-state index contributed by atoms with van der Waals surface area (Å²) in [5.74, 6) is 0.966. The first kappa shape index (κ1) is 57.7. The molecule has 0 bridgehead atoms. The molecule has 4 aromatic heterocycles. The van der Waals surface area contributed by atoms with Crippen molar-refractivity contribution < 1.29 is 61.2 Å². The maximum atomic E-state index is 12.3. The molecule has 71 heavy (non-hydrogen) atoms. The number of isothiocyanates is 1. The van der Waals surface area contributed by atoms with Gasteiger partial charge < -0.3 is 25.4 Å². The molecule has 0 fully saturated rings. The second-order valence-electron chi connectivity index (χ2n) is 14.9. The number of allylic oxidation sites excluding steroid dienone is 1. The minimum absolute atomic E-state index is 0. The number of hydrogen-bond acceptors (Lipinski definition) is 12. The van der Waals surface area contributed by atoms with Crippen LogP contribution in [0, 0.1) is 5.41 Å². The zero-order valence-corrected chi connectivity index (χ0v) is 40.9. The van der Waals surface area contributed by atoms with E-state index in [1.807, 2.05) is 66.7 Å². The number of carbonyl (C=O) groups excluding carboxylic acids is 3. The Morgan fingerprint density at radius 1 is 0.690 bits per heavy atom. The van der Waals surface area contributed by atoms with Crippen molar-refractivity contribution in [2.24, 2.45) is 0 Å². The van der Waals surface area contributed by atoms with Gasteiger partial charge in [-0.25, -0.2) is 4.98 Å². The number of thiocarbonyl (C=S) groups is 1. The number of halogens is 3. The van der Waals surface area contributed by atoms with Crippen molar-refractivity contribution in [1.82, 2.24) is 19.9 Å². The number of ether oxygens (including phenoxy) is 3. The number of aromatic nitrogens is 4.